The van der Waals surface area contributed by atoms with E-state index >= 15 is 0 Å². The Morgan fingerprint density at radius 3 is 1.82 bits per heavy atom. The quantitative estimate of drug-likeness (QED) is 0.448. The standard InChI is InChI=1S/C27H31N3O3/c1-3-30(20-26(32)29-25-16-14-24(15-17-25)28-21(2)31)18-19-33-27(22-10-6-4-7-11-22)23-12-8-5-9-13-23/h4-17,27H,3,18-20H2,1-2H3,(H,28,31)(H,29,32). The van der Waals surface area contributed by atoms with Gasteiger partial charge in [0.15, 0.2) is 0 Å². The number of carbonyl (C=O) groups excluding carboxylic acids is 2. The van der Waals surface area contributed by atoms with Gasteiger partial charge in [0, 0.05) is 24.8 Å². The molecule has 0 saturated carbocycles. The molecule has 0 aliphatic rings. The number of ether oxygens (including phenoxy) is 1. The average molecular weight is 446 g/mol. The van der Waals surface area contributed by atoms with Crippen molar-refractivity contribution < 1.29 is 14.3 Å². The molecule has 0 aliphatic heterocycles. The van der Waals surface area contributed by atoms with Crippen molar-refractivity contribution in [1.29, 1.82) is 0 Å². The highest BCUT2D eigenvalue weighted by Crippen LogP contribution is 2.25. The number of nitrogens with zero attached hydrogens (tertiary/aromatic N) is 1. The van der Waals surface area contributed by atoms with Crippen LogP contribution in [0.2, 0.25) is 0 Å². The maximum atomic E-state index is 12.5. The Morgan fingerprint density at radius 2 is 1.33 bits per heavy atom. The molecule has 0 fully saturated rings. The zero-order valence-corrected chi connectivity index (χ0v) is 19.2. The summed E-state index contributed by atoms with van der Waals surface area (Å²) in [6.07, 6.45) is -0.151. The first-order valence-electron chi connectivity index (χ1n) is 11.2. The summed E-state index contributed by atoms with van der Waals surface area (Å²) in [5.41, 5.74) is 3.59. The highest BCUT2D eigenvalue weighted by Gasteiger charge is 2.16. The van der Waals surface area contributed by atoms with E-state index in [0.29, 0.717) is 24.5 Å². The molecular formula is C27H31N3O3. The third kappa shape index (κ3) is 7.86. The van der Waals surface area contributed by atoms with Crippen LogP contribution in [0.1, 0.15) is 31.1 Å². The molecular weight excluding hydrogens is 414 g/mol. The van der Waals surface area contributed by atoms with Crippen LogP contribution < -0.4 is 10.6 Å². The summed E-state index contributed by atoms with van der Waals surface area (Å²) in [6.45, 7) is 5.64. The maximum absolute atomic E-state index is 12.5. The smallest absolute Gasteiger partial charge is 0.238 e. The fourth-order valence-corrected chi connectivity index (χ4v) is 3.53. The van der Waals surface area contributed by atoms with Gasteiger partial charge in [-0.05, 0) is 41.9 Å². The third-order valence-corrected chi connectivity index (χ3v) is 5.20. The van der Waals surface area contributed by atoms with Gasteiger partial charge in [0.1, 0.15) is 6.10 Å². The Morgan fingerprint density at radius 1 is 0.818 bits per heavy atom. The third-order valence-electron chi connectivity index (χ3n) is 5.20. The number of nitrogens with one attached hydrogen (secondary N) is 2. The lowest BCUT2D eigenvalue weighted by molar-refractivity contribution is -0.117. The summed E-state index contributed by atoms with van der Waals surface area (Å²) in [5.74, 6) is -0.221. The van der Waals surface area contributed by atoms with Gasteiger partial charge in [0.2, 0.25) is 11.8 Å². The molecule has 0 unspecified atom stereocenters. The van der Waals surface area contributed by atoms with Crippen molar-refractivity contribution in [3.63, 3.8) is 0 Å². The Labute approximate surface area is 195 Å². The molecule has 0 radical (unpaired) electrons. The zero-order chi connectivity index (χ0) is 23.5. The minimum atomic E-state index is -0.151. The normalized spacial score (nSPS) is 10.9. The van der Waals surface area contributed by atoms with Crippen molar-refractivity contribution in [3.8, 4) is 0 Å². The van der Waals surface area contributed by atoms with Gasteiger partial charge in [0.25, 0.3) is 0 Å². The molecule has 0 spiro atoms. The van der Waals surface area contributed by atoms with Gasteiger partial charge >= 0.3 is 0 Å². The Kier molecular flexibility index (Phi) is 9.18. The Hall–Kier alpha value is -3.48. The van der Waals surface area contributed by atoms with Gasteiger partial charge in [-0.15, -0.1) is 0 Å². The summed E-state index contributed by atoms with van der Waals surface area (Å²) >= 11 is 0. The van der Waals surface area contributed by atoms with Crippen molar-refractivity contribution in [3.05, 3.63) is 96.1 Å². The van der Waals surface area contributed by atoms with Crippen molar-refractivity contribution >= 4 is 23.2 Å². The predicted molar refractivity (Wildman–Crippen MR) is 132 cm³/mol. The minimum Gasteiger partial charge on any atom is -0.367 e. The molecule has 3 aromatic carbocycles. The number of carbonyl (C=O) groups is 2. The monoisotopic (exact) mass is 445 g/mol. The molecule has 2 N–H and O–H groups in total. The van der Waals surface area contributed by atoms with Crippen molar-refractivity contribution in [2.45, 2.75) is 20.0 Å². The zero-order valence-electron chi connectivity index (χ0n) is 19.2. The number of hydrogen-bond acceptors (Lipinski definition) is 4. The molecule has 0 bridgehead atoms. The molecule has 6 nitrogen and oxygen atoms in total. The van der Waals surface area contributed by atoms with Crippen LogP contribution in [0.5, 0.6) is 0 Å². The fraction of sp³-hybridized carbons (Fsp3) is 0.259. The van der Waals surface area contributed by atoms with Crippen LogP contribution in [0.4, 0.5) is 11.4 Å². The van der Waals surface area contributed by atoms with Crippen LogP contribution in [-0.2, 0) is 14.3 Å². The highest BCUT2D eigenvalue weighted by molar-refractivity contribution is 5.93. The Balaban J connectivity index is 1.52. The van der Waals surface area contributed by atoms with E-state index in [1.54, 1.807) is 24.3 Å². The lowest BCUT2D eigenvalue weighted by Crippen LogP contribution is -2.35. The van der Waals surface area contributed by atoms with E-state index in [1.807, 2.05) is 48.2 Å². The maximum Gasteiger partial charge on any atom is 0.238 e. The van der Waals surface area contributed by atoms with Crippen LogP contribution in [0, 0.1) is 0 Å². The van der Waals surface area contributed by atoms with E-state index in [1.165, 1.54) is 6.92 Å². The molecule has 2 amide bonds. The molecule has 172 valence electrons. The van der Waals surface area contributed by atoms with Crippen LogP contribution in [0.15, 0.2) is 84.9 Å². The number of likely N-dealkylation sites (N-methyl/N-ethyl adjacent to an activating group) is 1. The average Bonchev–Trinajstić information content (AvgIpc) is 2.83. The van der Waals surface area contributed by atoms with Crippen LogP contribution in [-0.4, -0.2) is 43.0 Å². The molecule has 3 rings (SSSR count). The van der Waals surface area contributed by atoms with Crippen molar-refractivity contribution in [2.24, 2.45) is 0 Å². The SMILES string of the molecule is CCN(CCOC(c1ccccc1)c1ccccc1)CC(=O)Nc1ccc(NC(C)=O)cc1. The van der Waals surface area contributed by atoms with E-state index in [9.17, 15) is 9.59 Å². The molecule has 0 atom stereocenters. The summed E-state index contributed by atoms with van der Waals surface area (Å²) < 4.78 is 6.28. The van der Waals surface area contributed by atoms with Gasteiger partial charge in [-0.1, -0.05) is 67.6 Å². The van der Waals surface area contributed by atoms with Gasteiger partial charge in [-0.25, -0.2) is 0 Å². The van der Waals surface area contributed by atoms with Crippen molar-refractivity contribution in [1.82, 2.24) is 4.90 Å². The number of benzene rings is 3. The van der Waals surface area contributed by atoms with E-state index in [-0.39, 0.29) is 24.5 Å². The van der Waals surface area contributed by atoms with Crippen molar-refractivity contribution in [2.75, 3.05) is 36.9 Å². The summed E-state index contributed by atoms with van der Waals surface area (Å²) in [6, 6.07) is 27.4. The largest absolute Gasteiger partial charge is 0.367 e. The van der Waals surface area contributed by atoms with Gasteiger partial charge < -0.3 is 15.4 Å². The van der Waals surface area contributed by atoms with E-state index in [0.717, 1.165) is 17.7 Å². The number of hydrogen-bond donors (Lipinski definition) is 2. The number of anilines is 2. The molecule has 0 aromatic heterocycles. The van der Waals surface area contributed by atoms with E-state index in [2.05, 4.69) is 34.9 Å². The van der Waals surface area contributed by atoms with Gasteiger partial charge in [-0.2, -0.15) is 0 Å². The molecule has 0 saturated heterocycles. The molecule has 33 heavy (non-hydrogen) atoms. The highest BCUT2D eigenvalue weighted by atomic mass is 16.5. The lowest BCUT2D eigenvalue weighted by atomic mass is 10.0. The van der Waals surface area contributed by atoms with Crippen LogP contribution in [0.25, 0.3) is 0 Å². The van der Waals surface area contributed by atoms with E-state index in [4.69, 9.17) is 4.74 Å². The second-order valence-electron chi connectivity index (χ2n) is 7.75. The van der Waals surface area contributed by atoms with Gasteiger partial charge in [0.05, 0.1) is 13.2 Å². The summed E-state index contributed by atoms with van der Waals surface area (Å²) in [7, 11) is 0. The lowest BCUT2D eigenvalue weighted by Gasteiger charge is -2.23. The minimum absolute atomic E-state index is 0.0909. The number of amides is 2. The van der Waals surface area contributed by atoms with Gasteiger partial charge in [-0.3, -0.25) is 14.5 Å². The summed E-state index contributed by atoms with van der Waals surface area (Å²) in [5, 5.41) is 5.61. The molecule has 3 aromatic rings. The van der Waals surface area contributed by atoms with E-state index < -0.39 is 0 Å². The fourth-order valence-electron chi connectivity index (χ4n) is 3.53. The first-order valence-corrected chi connectivity index (χ1v) is 11.2. The molecule has 0 aliphatic carbocycles. The predicted octanol–water partition coefficient (Wildman–Crippen LogP) is 4.71. The molecule has 0 heterocycles. The topological polar surface area (TPSA) is 70.7 Å². The summed E-state index contributed by atoms with van der Waals surface area (Å²) in [4.78, 5) is 25.7. The van der Waals surface area contributed by atoms with Crippen LogP contribution in [0.3, 0.4) is 0 Å². The first-order chi connectivity index (χ1) is 16.0. The second-order valence-corrected chi connectivity index (χ2v) is 7.75. The first kappa shape index (κ1) is 24.2. The Bertz CT molecular complexity index is 968. The second kappa shape index (κ2) is 12.5. The molecule has 6 heteroatoms. The van der Waals surface area contributed by atoms with Crippen LogP contribution >= 0.6 is 0 Å². The number of rotatable bonds is 11.